The second-order valence-electron chi connectivity index (χ2n) is 4.22. The van der Waals surface area contributed by atoms with Crippen molar-refractivity contribution in [3.05, 3.63) is 34.9 Å². The molecule has 6 N–H and O–H groups in total. The number of carboxylic acids is 1. The van der Waals surface area contributed by atoms with Crippen LogP contribution in [0.25, 0.3) is 0 Å². The van der Waals surface area contributed by atoms with Crippen molar-refractivity contribution < 1.29 is 23.1 Å². The van der Waals surface area contributed by atoms with Gasteiger partial charge in [0.2, 0.25) is 0 Å². The van der Waals surface area contributed by atoms with E-state index in [-0.39, 0.29) is 5.96 Å². The predicted molar refractivity (Wildman–Crippen MR) is 79.6 cm³/mol. The van der Waals surface area contributed by atoms with Gasteiger partial charge in [-0.05, 0) is 36.1 Å². The summed E-state index contributed by atoms with van der Waals surface area (Å²) in [5.74, 6) is -1.17. The van der Waals surface area contributed by atoms with Gasteiger partial charge in [0.15, 0.2) is 5.96 Å². The molecule has 0 heterocycles. The number of halogens is 3. The maximum Gasteiger partial charge on any atom is 0.416 e. The molecule has 22 heavy (non-hydrogen) atoms. The number of rotatable bonds is 2. The number of carboxylic acid groups (broad SMARTS) is 1. The summed E-state index contributed by atoms with van der Waals surface area (Å²) < 4.78 is 37.3. The fraction of sp³-hybridized carbons (Fsp3) is 0.429. The first-order valence-corrected chi connectivity index (χ1v) is 6.43. The number of nitrogens with two attached hydrogens (primary N) is 2. The molecule has 0 bridgehead atoms. The molecule has 0 fully saturated rings. The lowest BCUT2D eigenvalue weighted by molar-refractivity contribution is -0.137. The summed E-state index contributed by atoms with van der Waals surface area (Å²) in [4.78, 5) is 9.00. The second-order valence-corrected chi connectivity index (χ2v) is 4.22. The molecule has 0 aliphatic carbocycles. The van der Waals surface area contributed by atoms with Crippen LogP contribution in [0.3, 0.4) is 0 Å². The maximum absolute atomic E-state index is 12.4. The van der Waals surface area contributed by atoms with Gasteiger partial charge < -0.3 is 16.6 Å². The Morgan fingerprint density at radius 1 is 1.14 bits per heavy atom. The molecule has 0 amide bonds. The molecular formula is C14H22F3N3O2. The standard InChI is InChI=1S/C11H13F3.C2H4O2.CH5N3/c1-3-8-5-9(4-2)7-10(6-8)11(12,13)14;1-2(3)4;2-1(3)4/h5-7H,3-4H2,1-2H3;1H3,(H,3,4);(H5,2,3,4). The summed E-state index contributed by atoms with van der Waals surface area (Å²) in [7, 11) is 0. The van der Waals surface area contributed by atoms with Crippen molar-refractivity contribution in [3.8, 4) is 0 Å². The van der Waals surface area contributed by atoms with Gasteiger partial charge in [-0.3, -0.25) is 10.2 Å². The van der Waals surface area contributed by atoms with E-state index < -0.39 is 17.7 Å². The van der Waals surface area contributed by atoms with Crippen molar-refractivity contribution in [1.29, 1.82) is 5.41 Å². The first kappa shape index (κ1) is 22.0. The Hall–Kier alpha value is -2.25. The molecule has 1 aromatic carbocycles. The Morgan fingerprint density at radius 2 is 1.41 bits per heavy atom. The second kappa shape index (κ2) is 10.5. The predicted octanol–water partition coefficient (Wildman–Crippen LogP) is 2.76. The van der Waals surface area contributed by atoms with E-state index >= 15 is 0 Å². The van der Waals surface area contributed by atoms with Crippen molar-refractivity contribution >= 4 is 11.9 Å². The van der Waals surface area contributed by atoms with Crippen molar-refractivity contribution in [2.45, 2.75) is 39.8 Å². The number of benzene rings is 1. The summed E-state index contributed by atoms with van der Waals surface area (Å²) in [5, 5.41) is 13.5. The highest BCUT2D eigenvalue weighted by molar-refractivity contribution is 5.71. The topological polar surface area (TPSA) is 113 Å². The van der Waals surface area contributed by atoms with E-state index in [1.54, 1.807) is 0 Å². The zero-order chi connectivity index (χ0) is 17.9. The Kier molecular flexibility index (Phi) is 10.5. The lowest BCUT2D eigenvalue weighted by Crippen LogP contribution is -2.20. The van der Waals surface area contributed by atoms with Gasteiger partial charge in [-0.2, -0.15) is 13.2 Å². The van der Waals surface area contributed by atoms with Crippen molar-refractivity contribution in [2.75, 3.05) is 0 Å². The first-order valence-electron chi connectivity index (χ1n) is 6.43. The molecule has 0 aromatic heterocycles. The minimum atomic E-state index is -4.23. The van der Waals surface area contributed by atoms with E-state index in [9.17, 15) is 13.2 Å². The van der Waals surface area contributed by atoms with Crippen LogP contribution < -0.4 is 11.5 Å². The molecule has 126 valence electrons. The molecule has 5 nitrogen and oxygen atoms in total. The fourth-order valence-corrected chi connectivity index (χ4v) is 1.33. The average Bonchev–Trinajstić information content (AvgIpc) is 2.35. The zero-order valence-electron chi connectivity index (χ0n) is 12.8. The maximum atomic E-state index is 12.4. The van der Waals surface area contributed by atoms with E-state index in [2.05, 4.69) is 11.5 Å². The van der Waals surface area contributed by atoms with Gasteiger partial charge in [0.25, 0.3) is 5.97 Å². The van der Waals surface area contributed by atoms with Gasteiger partial charge in [0, 0.05) is 6.92 Å². The monoisotopic (exact) mass is 321 g/mol. The van der Waals surface area contributed by atoms with Crippen molar-refractivity contribution in [1.82, 2.24) is 0 Å². The van der Waals surface area contributed by atoms with Crippen LogP contribution in [-0.4, -0.2) is 17.0 Å². The van der Waals surface area contributed by atoms with Gasteiger partial charge in [-0.25, -0.2) is 0 Å². The Bertz CT molecular complexity index is 446. The molecule has 0 radical (unpaired) electrons. The van der Waals surface area contributed by atoms with Crippen LogP contribution in [-0.2, 0) is 23.8 Å². The highest BCUT2D eigenvalue weighted by Crippen LogP contribution is 2.30. The Morgan fingerprint density at radius 3 is 1.59 bits per heavy atom. The van der Waals surface area contributed by atoms with Crippen LogP contribution in [0.5, 0.6) is 0 Å². The van der Waals surface area contributed by atoms with Gasteiger partial charge in [-0.1, -0.05) is 19.9 Å². The van der Waals surface area contributed by atoms with Crippen molar-refractivity contribution in [3.63, 3.8) is 0 Å². The number of aryl methyl sites for hydroxylation is 2. The molecule has 0 atom stereocenters. The minimum absolute atomic E-state index is 0.333. The number of aliphatic carboxylic acids is 1. The molecule has 0 spiro atoms. The molecule has 0 unspecified atom stereocenters. The summed E-state index contributed by atoms with van der Waals surface area (Å²) in [6.45, 7) is 4.80. The highest BCUT2D eigenvalue weighted by atomic mass is 19.4. The third-order valence-corrected chi connectivity index (χ3v) is 2.20. The molecular weight excluding hydrogens is 299 g/mol. The minimum Gasteiger partial charge on any atom is -0.481 e. The fourth-order valence-electron chi connectivity index (χ4n) is 1.33. The molecule has 8 heteroatoms. The largest absolute Gasteiger partial charge is 0.481 e. The van der Waals surface area contributed by atoms with Crippen LogP contribution in [0.15, 0.2) is 18.2 Å². The van der Waals surface area contributed by atoms with Gasteiger partial charge in [0.05, 0.1) is 5.56 Å². The molecule has 1 rings (SSSR count). The summed E-state index contributed by atoms with van der Waals surface area (Å²) in [6.07, 6.45) is -2.96. The van der Waals surface area contributed by atoms with E-state index in [1.165, 1.54) is 12.1 Å². The number of hydrogen-bond acceptors (Lipinski definition) is 2. The quantitative estimate of drug-likeness (QED) is 0.495. The van der Waals surface area contributed by atoms with E-state index in [0.717, 1.165) is 18.1 Å². The number of nitrogens with one attached hydrogen (secondary N) is 1. The van der Waals surface area contributed by atoms with Gasteiger partial charge in [-0.15, -0.1) is 0 Å². The van der Waals surface area contributed by atoms with E-state index in [0.29, 0.717) is 12.8 Å². The van der Waals surface area contributed by atoms with E-state index in [1.807, 2.05) is 19.9 Å². The van der Waals surface area contributed by atoms with Crippen LogP contribution in [0, 0.1) is 5.41 Å². The Labute approximate surface area is 127 Å². The van der Waals surface area contributed by atoms with Gasteiger partial charge in [0.1, 0.15) is 0 Å². The number of alkyl halides is 3. The molecule has 1 aromatic rings. The number of guanidine groups is 1. The van der Waals surface area contributed by atoms with Crippen LogP contribution >= 0.6 is 0 Å². The summed E-state index contributed by atoms with van der Waals surface area (Å²) in [6, 6.07) is 4.27. The average molecular weight is 321 g/mol. The molecule has 0 saturated heterocycles. The van der Waals surface area contributed by atoms with E-state index in [4.69, 9.17) is 15.3 Å². The van der Waals surface area contributed by atoms with Gasteiger partial charge >= 0.3 is 6.18 Å². The lowest BCUT2D eigenvalue weighted by atomic mass is 10.0. The van der Waals surface area contributed by atoms with Crippen LogP contribution in [0.1, 0.15) is 37.5 Å². The highest BCUT2D eigenvalue weighted by Gasteiger charge is 2.30. The Balaban J connectivity index is 0. The SMILES string of the molecule is CC(=O)O.CCc1cc(CC)cc(C(F)(F)F)c1.N=C(N)N. The summed E-state index contributed by atoms with van der Waals surface area (Å²) in [5.41, 5.74) is 9.90. The molecule has 0 aliphatic rings. The van der Waals surface area contributed by atoms with Crippen LogP contribution in [0.4, 0.5) is 13.2 Å². The number of carbonyl (C=O) groups is 1. The normalized spacial score (nSPS) is 9.73. The smallest absolute Gasteiger partial charge is 0.416 e. The number of hydrogen-bond donors (Lipinski definition) is 4. The first-order chi connectivity index (χ1) is 9.93. The lowest BCUT2D eigenvalue weighted by Gasteiger charge is -2.10. The summed E-state index contributed by atoms with van der Waals surface area (Å²) >= 11 is 0. The third-order valence-electron chi connectivity index (χ3n) is 2.20. The van der Waals surface area contributed by atoms with Crippen molar-refractivity contribution in [2.24, 2.45) is 11.5 Å². The zero-order valence-corrected chi connectivity index (χ0v) is 12.8. The molecule has 0 saturated carbocycles. The molecule has 0 aliphatic heterocycles. The third kappa shape index (κ3) is 12.8. The van der Waals surface area contributed by atoms with Crippen LogP contribution in [0.2, 0.25) is 0 Å².